The van der Waals surface area contributed by atoms with E-state index in [0.29, 0.717) is 24.3 Å². The van der Waals surface area contributed by atoms with Gasteiger partial charge in [0.2, 0.25) is 0 Å². The van der Waals surface area contributed by atoms with Crippen molar-refractivity contribution in [2.45, 2.75) is 32.2 Å². The number of nitrogens with one attached hydrogen (secondary N) is 1. The lowest BCUT2D eigenvalue weighted by Gasteiger charge is -2.06. The van der Waals surface area contributed by atoms with Gasteiger partial charge < -0.3 is 4.57 Å². The van der Waals surface area contributed by atoms with E-state index in [0.717, 1.165) is 17.9 Å². The number of fused-ring (bicyclic) bond motifs is 1. The molecule has 0 saturated carbocycles. The van der Waals surface area contributed by atoms with E-state index in [1.807, 2.05) is 41.5 Å². The maximum absolute atomic E-state index is 12.1. The van der Waals surface area contributed by atoms with Gasteiger partial charge in [0.15, 0.2) is 11.2 Å². The molecule has 0 unspecified atom stereocenters. The van der Waals surface area contributed by atoms with Gasteiger partial charge in [-0.1, -0.05) is 30.3 Å². The summed E-state index contributed by atoms with van der Waals surface area (Å²) in [5.41, 5.74) is 1.49. The van der Waals surface area contributed by atoms with E-state index in [-0.39, 0.29) is 5.56 Å². The van der Waals surface area contributed by atoms with Crippen molar-refractivity contribution in [3.63, 3.8) is 0 Å². The Labute approximate surface area is 143 Å². The first-order valence-electron chi connectivity index (χ1n) is 8.00. The molecule has 0 saturated heterocycles. The number of rotatable bonds is 7. The van der Waals surface area contributed by atoms with Crippen LogP contribution in [0.25, 0.3) is 11.2 Å². The molecule has 0 fully saturated rings. The minimum atomic E-state index is -0.404. The van der Waals surface area contributed by atoms with Crippen LogP contribution in [0, 0.1) is 0 Å². The summed E-state index contributed by atoms with van der Waals surface area (Å²) in [6.45, 7) is 3.05. The van der Waals surface area contributed by atoms with Gasteiger partial charge in [0.1, 0.15) is 0 Å². The van der Waals surface area contributed by atoms with Crippen LogP contribution in [0.1, 0.15) is 18.9 Å². The molecule has 126 valence electrons. The molecule has 2 aromatic heterocycles. The van der Waals surface area contributed by atoms with Crippen LogP contribution in [0.3, 0.4) is 0 Å². The number of aryl methyl sites for hydroxylation is 2. The monoisotopic (exact) mass is 344 g/mol. The molecule has 3 rings (SSSR count). The number of aromatic nitrogens is 4. The summed E-state index contributed by atoms with van der Waals surface area (Å²) in [7, 11) is 0. The third kappa shape index (κ3) is 3.46. The highest BCUT2D eigenvalue weighted by molar-refractivity contribution is 7.98. The molecule has 2 heterocycles. The smallest absolute Gasteiger partial charge is 0.325 e. The third-order valence-corrected chi connectivity index (χ3v) is 4.99. The summed E-state index contributed by atoms with van der Waals surface area (Å²) in [6, 6.07) is 10.4. The summed E-state index contributed by atoms with van der Waals surface area (Å²) < 4.78 is 3.32. The molecule has 0 radical (unpaired) electrons. The SMILES string of the molecule is CCn1c(=O)[nH]c(=O)c2c1ncn2CCCSCc1ccccc1. The van der Waals surface area contributed by atoms with E-state index in [2.05, 4.69) is 22.1 Å². The first-order valence-corrected chi connectivity index (χ1v) is 9.15. The Morgan fingerprint density at radius 2 is 2.00 bits per heavy atom. The summed E-state index contributed by atoms with van der Waals surface area (Å²) in [5, 5.41) is 0. The molecule has 6 nitrogen and oxygen atoms in total. The third-order valence-electron chi connectivity index (χ3n) is 3.87. The van der Waals surface area contributed by atoms with Gasteiger partial charge in [-0.3, -0.25) is 14.3 Å². The number of aromatic amines is 1. The lowest BCUT2D eigenvalue weighted by atomic mass is 10.2. The lowest BCUT2D eigenvalue weighted by Crippen LogP contribution is -2.30. The Morgan fingerprint density at radius 3 is 2.75 bits per heavy atom. The summed E-state index contributed by atoms with van der Waals surface area (Å²) in [4.78, 5) is 30.5. The van der Waals surface area contributed by atoms with Crippen LogP contribution in [0.15, 0.2) is 46.2 Å². The fourth-order valence-electron chi connectivity index (χ4n) is 2.69. The quantitative estimate of drug-likeness (QED) is 0.667. The van der Waals surface area contributed by atoms with Gasteiger partial charge in [0, 0.05) is 18.8 Å². The van der Waals surface area contributed by atoms with E-state index in [9.17, 15) is 9.59 Å². The number of H-pyrrole nitrogens is 1. The fourth-order valence-corrected chi connectivity index (χ4v) is 3.59. The molecular formula is C17H20N4O2S. The van der Waals surface area contributed by atoms with Crippen molar-refractivity contribution in [3.8, 4) is 0 Å². The maximum Gasteiger partial charge on any atom is 0.330 e. The molecule has 0 atom stereocenters. The van der Waals surface area contributed by atoms with Crippen molar-refractivity contribution in [3.05, 3.63) is 63.1 Å². The van der Waals surface area contributed by atoms with Crippen LogP contribution in [0.2, 0.25) is 0 Å². The largest absolute Gasteiger partial charge is 0.330 e. The van der Waals surface area contributed by atoms with Crippen LogP contribution in [0.5, 0.6) is 0 Å². The zero-order valence-corrected chi connectivity index (χ0v) is 14.4. The van der Waals surface area contributed by atoms with Crippen LogP contribution >= 0.6 is 11.8 Å². The second-order valence-electron chi connectivity index (χ2n) is 5.51. The van der Waals surface area contributed by atoms with Gasteiger partial charge in [-0.25, -0.2) is 9.78 Å². The molecule has 3 aromatic rings. The molecule has 1 N–H and O–H groups in total. The van der Waals surface area contributed by atoms with Gasteiger partial charge in [0.05, 0.1) is 6.33 Å². The molecule has 0 bridgehead atoms. The highest BCUT2D eigenvalue weighted by Crippen LogP contribution is 2.14. The van der Waals surface area contributed by atoms with Crippen molar-refractivity contribution in [1.82, 2.24) is 19.1 Å². The predicted molar refractivity (Wildman–Crippen MR) is 97.5 cm³/mol. The van der Waals surface area contributed by atoms with Crippen molar-refractivity contribution in [1.29, 1.82) is 0 Å². The van der Waals surface area contributed by atoms with Crippen LogP contribution in [-0.4, -0.2) is 24.9 Å². The van der Waals surface area contributed by atoms with Crippen LogP contribution in [-0.2, 0) is 18.8 Å². The minimum absolute atomic E-state index is 0.367. The Bertz CT molecular complexity index is 927. The molecule has 0 amide bonds. The molecule has 1 aromatic carbocycles. The molecule has 7 heteroatoms. The molecule has 0 aliphatic rings. The Kier molecular flexibility index (Phi) is 5.20. The first kappa shape index (κ1) is 16.6. The van der Waals surface area contributed by atoms with E-state index in [1.54, 1.807) is 6.33 Å². The number of nitrogens with zero attached hydrogens (tertiary/aromatic N) is 3. The number of hydrogen-bond donors (Lipinski definition) is 1. The molecule has 24 heavy (non-hydrogen) atoms. The number of benzene rings is 1. The van der Waals surface area contributed by atoms with Crippen molar-refractivity contribution in [2.75, 3.05) is 5.75 Å². The topological polar surface area (TPSA) is 72.7 Å². The van der Waals surface area contributed by atoms with E-state index in [4.69, 9.17) is 0 Å². The van der Waals surface area contributed by atoms with E-state index >= 15 is 0 Å². The first-order chi connectivity index (χ1) is 11.7. The number of hydrogen-bond acceptors (Lipinski definition) is 4. The van der Waals surface area contributed by atoms with Crippen LogP contribution in [0.4, 0.5) is 0 Å². The summed E-state index contributed by atoms with van der Waals surface area (Å²) in [6.07, 6.45) is 2.58. The van der Waals surface area contributed by atoms with Crippen molar-refractivity contribution >= 4 is 22.9 Å². The van der Waals surface area contributed by atoms with Gasteiger partial charge in [-0.05, 0) is 24.7 Å². The zero-order chi connectivity index (χ0) is 16.9. The predicted octanol–water partition coefficient (Wildman–Crippen LogP) is 2.23. The number of thioether (sulfide) groups is 1. The minimum Gasteiger partial charge on any atom is -0.325 e. The van der Waals surface area contributed by atoms with Crippen molar-refractivity contribution in [2.24, 2.45) is 0 Å². The van der Waals surface area contributed by atoms with Gasteiger partial charge in [-0.15, -0.1) is 0 Å². The standard InChI is InChI=1S/C17H20N4O2S/c1-2-21-15-14(16(22)19-17(21)23)20(12-18-15)9-6-10-24-11-13-7-4-3-5-8-13/h3-5,7-8,12H,2,6,9-11H2,1H3,(H,19,22,23). The molecule has 0 aliphatic carbocycles. The van der Waals surface area contributed by atoms with Crippen LogP contribution < -0.4 is 11.2 Å². The number of imidazole rings is 1. The van der Waals surface area contributed by atoms with E-state index < -0.39 is 5.69 Å². The lowest BCUT2D eigenvalue weighted by molar-refractivity contribution is 0.693. The average Bonchev–Trinajstić information content (AvgIpc) is 3.00. The highest BCUT2D eigenvalue weighted by Gasteiger charge is 2.12. The second-order valence-corrected chi connectivity index (χ2v) is 6.61. The Balaban J connectivity index is 1.64. The summed E-state index contributed by atoms with van der Waals surface area (Å²) in [5.74, 6) is 1.99. The van der Waals surface area contributed by atoms with Gasteiger partial charge in [-0.2, -0.15) is 11.8 Å². The fraction of sp³-hybridized carbons (Fsp3) is 0.353. The molecule has 0 aliphatic heterocycles. The maximum atomic E-state index is 12.1. The van der Waals surface area contributed by atoms with Crippen molar-refractivity contribution < 1.29 is 0 Å². The Hall–Kier alpha value is -2.28. The molecule has 0 spiro atoms. The molecular weight excluding hydrogens is 324 g/mol. The second kappa shape index (κ2) is 7.53. The van der Waals surface area contributed by atoms with Gasteiger partial charge >= 0.3 is 5.69 Å². The normalized spacial score (nSPS) is 11.2. The average molecular weight is 344 g/mol. The zero-order valence-electron chi connectivity index (χ0n) is 13.6. The summed E-state index contributed by atoms with van der Waals surface area (Å²) >= 11 is 1.87. The highest BCUT2D eigenvalue weighted by atomic mass is 32.2. The van der Waals surface area contributed by atoms with Gasteiger partial charge in [0.25, 0.3) is 5.56 Å². The van der Waals surface area contributed by atoms with E-state index in [1.165, 1.54) is 10.1 Å². The Morgan fingerprint density at radius 1 is 1.21 bits per heavy atom.